The second-order valence-corrected chi connectivity index (χ2v) is 7.15. The van der Waals surface area contributed by atoms with Gasteiger partial charge in [-0.2, -0.15) is 0 Å². The van der Waals surface area contributed by atoms with Crippen molar-refractivity contribution in [3.05, 3.63) is 59.5 Å². The first-order valence-corrected chi connectivity index (χ1v) is 9.23. The van der Waals surface area contributed by atoms with Crippen molar-refractivity contribution in [2.75, 3.05) is 19.6 Å². The topological polar surface area (TPSA) is 45.5 Å². The van der Waals surface area contributed by atoms with E-state index in [-0.39, 0.29) is 11.9 Å². The third-order valence-corrected chi connectivity index (χ3v) is 5.05. The monoisotopic (exact) mass is 340 g/mol. The van der Waals surface area contributed by atoms with Gasteiger partial charge in [-0.1, -0.05) is 37.3 Å². The Morgan fingerprint density at radius 1 is 1.20 bits per heavy atom. The van der Waals surface area contributed by atoms with Gasteiger partial charge in [0, 0.05) is 6.54 Å². The van der Waals surface area contributed by atoms with Crippen LogP contribution in [0, 0.1) is 12.8 Å². The lowest BCUT2D eigenvalue weighted by Crippen LogP contribution is -2.42. The Balaban J connectivity index is 1.62. The summed E-state index contributed by atoms with van der Waals surface area (Å²) >= 11 is 0. The summed E-state index contributed by atoms with van der Waals surface area (Å²) in [6.07, 6.45) is 2.82. The van der Waals surface area contributed by atoms with Crippen molar-refractivity contribution in [2.45, 2.75) is 39.2 Å². The average Bonchev–Trinajstić information content (AvgIpc) is 3.04. The molecule has 0 unspecified atom stereocenters. The fourth-order valence-electron chi connectivity index (χ4n) is 3.44. The van der Waals surface area contributed by atoms with E-state index in [4.69, 9.17) is 4.42 Å². The number of aryl methyl sites for hydroxylation is 1. The molecule has 0 saturated carbocycles. The van der Waals surface area contributed by atoms with E-state index in [9.17, 15) is 4.79 Å². The van der Waals surface area contributed by atoms with Crippen molar-refractivity contribution in [3.8, 4) is 0 Å². The Bertz CT molecular complexity index is 672. The maximum absolute atomic E-state index is 12.3. The molecule has 1 aliphatic rings. The summed E-state index contributed by atoms with van der Waals surface area (Å²) in [6, 6.07) is 14.0. The molecule has 0 bridgehead atoms. The maximum Gasteiger partial charge on any atom is 0.224 e. The minimum absolute atomic E-state index is 0.0601. The lowest BCUT2D eigenvalue weighted by Gasteiger charge is -2.35. The largest absolute Gasteiger partial charge is 0.465 e. The molecule has 2 aromatic rings. The van der Waals surface area contributed by atoms with Crippen LogP contribution < -0.4 is 5.32 Å². The first-order valence-electron chi connectivity index (χ1n) is 9.23. The minimum atomic E-state index is 0.0601. The number of benzene rings is 1. The summed E-state index contributed by atoms with van der Waals surface area (Å²) in [7, 11) is 0. The molecule has 2 heterocycles. The molecule has 1 amide bonds. The Labute approximate surface area is 150 Å². The lowest BCUT2D eigenvalue weighted by molar-refractivity contribution is -0.120. The number of piperidine rings is 1. The number of amides is 1. The molecule has 1 atom stereocenters. The van der Waals surface area contributed by atoms with Gasteiger partial charge in [0.2, 0.25) is 5.91 Å². The Morgan fingerprint density at radius 3 is 2.56 bits per heavy atom. The number of hydrogen-bond acceptors (Lipinski definition) is 3. The summed E-state index contributed by atoms with van der Waals surface area (Å²) in [5.41, 5.74) is 1.04. The zero-order chi connectivity index (χ0) is 17.6. The molecule has 1 saturated heterocycles. The number of furan rings is 1. The van der Waals surface area contributed by atoms with Crippen molar-refractivity contribution in [2.24, 2.45) is 5.92 Å². The fourth-order valence-corrected chi connectivity index (χ4v) is 3.44. The van der Waals surface area contributed by atoms with Gasteiger partial charge in [-0.05, 0) is 56.5 Å². The normalized spacial score (nSPS) is 17.4. The van der Waals surface area contributed by atoms with Gasteiger partial charge < -0.3 is 9.73 Å². The standard InChI is InChI=1S/C21H28N2O2/c1-16-10-12-23(13-11-16)19(20-9-8-17(2)25-20)15-22-21(24)14-18-6-4-3-5-7-18/h3-9,16,19H,10-15H2,1-2H3,(H,22,24)/t19-/m0/s1. The van der Waals surface area contributed by atoms with Crippen LogP contribution in [0.3, 0.4) is 0 Å². The number of nitrogens with zero attached hydrogens (tertiary/aromatic N) is 1. The lowest BCUT2D eigenvalue weighted by atomic mass is 9.97. The number of carbonyl (C=O) groups is 1. The Kier molecular flexibility index (Phi) is 5.92. The number of likely N-dealkylation sites (tertiary alicyclic amines) is 1. The highest BCUT2D eigenvalue weighted by Crippen LogP contribution is 2.27. The molecule has 1 fully saturated rings. The third-order valence-electron chi connectivity index (χ3n) is 5.05. The van der Waals surface area contributed by atoms with Crippen molar-refractivity contribution >= 4 is 5.91 Å². The van der Waals surface area contributed by atoms with Crippen LogP contribution in [0.4, 0.5) is 0 Å². The molecule has 4 nitrogen and oxygen atoms in total. The Morgan fingerprint density at radius 2 is 1.92 bits per heavy atom. The van der Waals surface area contributed by atoms with Crippen LogP contribution in [-0.4, -0.2) is 30.4 Å². The van der Waals surface area contributed by atoms with E-state index in [1.807, 2.05) is 49.4 Å². The van der Waals surface area contributed by atoms with E-state index < -0.39 is 0 Å². The third kappa shape index (κ3) is 4.95. The van der Waals surface area contributed by atoms with Crippen LogP contribution in [0.1, 0.15) is 42.9 Å². The van der Waals surface area contributed by atoms with Crippen molar-refractivity contribution in [1.82, 2.24) is 10.2 Å². The summed E-state index contributed by atoms with van der Waals surface area (Å²) in [5, 5.41) is 3.11. The highest BCUT2D eigenvalue weighted by molar-refractivity contribution is 5.78. The molecule has 134 valence electrons. The smallest absolute Gasteiger partial charge is 0.224 e. The van der Waals surface area contributed by atoms with Crippen LogP contribution in [0.15, 0.2) is 46.9 Å². The van der Waals surface area contributed by atoms with Gasteiger partial charge in [0.1, 0.15) is 11.5 Å². The molecule has 0 radical (unpaired) electrons. The second kappa shape index (κ2) is 8.34. The minimum Gasteiger partial charge on any atom is -0.465 e. The summed E-state index contributed by atoms with van der Waals surface area (Å²) in [5.74, 6) is 2.71. The van der Waals surface area contributed by atoms with Crippen molar-refractivity contribution in [3.63, 3.8) is 0 Å². The zero-order valence-corrected chi connectivity index (χ0v) is 15.2. The SMILES string of the molecule is Cc1ccc([C@H](CNC(=O)Cc2ccccc2)N2CCC(C)CC2)o1. The van der Waals surface area contributed by atoms with E-state index in [2.05, 4.69) is 17.1 Å². The summed E-state index contributed by atoms with van der Waals surface area (Å²) in [4.78, 5) is 14.8. The van der Waals surface area contributed by atoms with Crippen LogP contribution in [0.25, 0.3) is 0 Å². The van der Waals surface area contributed by atoms with Gasteiger partial charge in [-0.15, -0.1) is 0 Å². The molecule has 4 heteroatoms. The summed E-state index contributed by atoms with van der Waals surface area (Å²) in [6.45, 7) is 6.98. The van der Waals surface area contributed by atoms with E-state index in [1.54, 1.807) is 0 Å². The number of nitrogens with one attached hydrogen (secondary N) is 1. The fraction of sp³-hybridized carbons (Fsp3) is 0.476. The highest BCUT2D eigenvalue weighted by Gasteiger charge is 2.27. The van der Waals surface area contributed by atoms with Crippen molar-refractivity contribution < 1.29 is 9.21 Å². The van der Waals surface area contributed by atoms with Crippen LogP contribution >= 0.6 is 0 Å². The Hall–Kier alpha value is -2.07. The van der Waals surface area contributed by atoms with Gasteiger partial charge in [0.05, 0.1) is 12.5 Å². The van der Waals surface area contributed by atoms with Crippen LogP contribution in [-0.2, 0) is 11.2 Å². The molecule has 0 spiro atoms. The van der Waals surface area contributed by atoms with Crippen LogP contribution in [0.2, 0.25) is 0 Å². The van der Waals surface area contributed by atoms with Gasteiger partial charge in [0.25, 0.3) is 0 Å². The molecular weight excluding hydrogens is 312 g/mol. The first-order chi connectivity index (χ1) is 12.1. The highest BCUT2D eigenvalue weighted by atomic mass is 16.3. The van der Waals surface area contributed by atoms with Gasteiger partial charge in [-0.3, -0.25) is 9.69 Å². The molecule has 1 aromatic heterocycles. The molecule has 1 N–H and O–H groups in total. The number of hydrogen-bond donors (Lipinski definition) is 1. The molecule has 3 rings (SSSR count). The van der Waals surface area contributed by atoms with Gasteiger partial charge in [-0.25, -0.2) is 0 Å². The predicted octanol–water partition coefficient (Wildman–Crippen LogP) is 3.72. The van der Waals surface area contributed by atoms with Gasteiger partial charge >= 0.3 is 0 Å². The number of rotatable bonds is 6. The first kappa shape index (κ1) is 17.7. The molecule has 1 aromatic carbocycles. The molecule has 1 aliphatic heterocycles. The van der Waals surface area contributed by atoms with E-state index >= 15 is 0 Å². The number of carbonyl (C=O) groups excluding carboxylic acids is 1. The quantitative estimate of drug-likeness (QED) is 0.872. The van der Waals surface area contributed by atoms with E-state index in [1.165, 1.54) is 12.8 Å². The second-order valence-electron chi connectivity index (χ2n) is 7.15. The van der Waals surface area contributed by atoms with E-state index in [0.29, 0.717) is 13.0 Å². The zero-order valence-electron chi connectivity index (χ0n) is 15.2. The molecule has 0 aliphatic carbocycles. The maximum atomic E-state index is 12.3. The van der Waals surface area contributed by atoms with Gasteiger partial charge in [0.15, 0.2) is 0 Å². The average molecular weight is 340 g/mol. The molecule has 25 heavy (non-hydrogen) atoms. The predicted molar refractivity (Wildman–Crippen MR) is 99.3 cm³/mol. The summed E-state index contributed by atoms with van der Waals surface area (Å²) < 4.78 is 5.88. The van der Waals surface area contributed by atoms with E-state index in [0.717, 1.165) is 36.1 Å². The molecular formula is C21H28N2O2. The van der Waals surface area contributed by atoms with Crippen molar-refractivity contribution in [1.29, 1.82) is 0 Å². The van der Waals surface area contributed by atoms with Crippen LogP contribution in [0.5, 0.6) is 0 Å².